The van der Waals surface area contributed by atoms with Gasteiger partial charge in [0.15, 0.2) is 5.69 Å². The fraction of sp³-hybridized carbons (Fsp3) is 0.231. The molecular formula is C13H11Br2NO3. The lowest BCUT2D eigenvalue weighted by molar-refractivity contribution is 0.0594. The fourth-order valence-electron chi connectivity index (χ4n) is 1.71. The number of rotatable bonds is 3. The summed E-state index contributed by atoms with van der Waals surface area (Å²) in [5.74, 6) is 0.107. The Balaban J connectivity index is 2.79. The van der Waals surface area contributed by atoms with Gasteiger partial charge in [0.2, 0.25) is 0 Å². The molecule has 19 heavy (non-hydrogen) atoms. The van der Waals surface area contributed by atoms with E-state index in [4.69, 9.17) is 9.47 Å². The van der Waals surface area contributed by atoms with Crippen LogP contribution >= 0.6 is 31.9 Å². The lowest BCUT2D eigenvalue weighted by Gasteiger charge is -2.11. The average molecular weight is 389 g/mol. The van der Waals surface area contributed by atoms with E-state index < -0.39 is 5.97 Å². The molecule has 0 saturated carbocycles. The summed E-state index contributed by atoms with van der Waals surface area (Å²) in [7, 11) is 1.32. The van der Waals surface area contributed by atoms with Crippen LogP contribution in [0.15, 0.2) is 27.1 Å². The number of benzene rings is 1. The number of ether oxygens (including phenoxy) is 2. The summed E-state index contributed by atoms with van der Waals surface area (Å²) in [6.45, 7) is 2.38. The van der Waals surface area contributed by atoms with Crippen LogP contribution in [0.5, 0.6) is 5.75 Å². The number of esters is 1. The van der Waals surface area contributed by atoms with Crippen molar-refractivity contribution in [1.82, 2.24) is 4.98 Å². The van der Waals surface area contributed by atoms with E-state index in [9.17, 15) is 4.79 Å². The predicted molar refractivity (Wildman–Crippen MR) is 79.7 cm³/mol. The largest absolute Gasteiger partial charge is 0.493 e. The van der Waals surface area contributed by atoms with E-state index in [0.717, 1.165) is 14.3 Å². The Bertz CT molecular complexity index is 643. The molecule has 4 nitrogen and oxygen atoms in total. The minimum atomic E-state index is -0.491. The zero-order valence-corrected chi connectivity index (χ0v) is 13.5. The standard InChI is InChI=1S/C13H11Br2NO3/c1-3-19-10-6-9(13(17)18-2)16-12-8(15)5-4-7(14)11(10)12/h4-6H,3H2,1-2H3. The summed E-state index contributed by atoms with van der Waals surface area (Å²) in [5, 5.41) is 0.823. The second kappa shape index (κ2) is 5.88. The van der Waals surface area contributed by atoms with Crippen LogP contribution in [0.25, 0.3) is 10.9 Å². The molecule has 1 aromatic heterocycles. The van der Waals surface area contributed by atoms with E-state index in [0.29, 0.717) is 17.9 Å². The molecule has 0 bridgehead atoms. The Labute approximate surface area is 127 Å². The van der Waals surface area contributed by atoms with Crippen LogP contribution in [0.1, 0.15) is 17.4 Å². The van der Waals surface area contributed by atoms with E-state index in [1.165, 1.54) is 7.11 Å². The van der Waals surface area contributed by atoms with Crippen molar-refractivity contribution in [2.75, 3.05) is 13.7 Å². The van der Waals surface area contributed by atoms with Crippen molar-refractivity contribution in [3.63, 3.8) is 0 Å². The second-order valence-electron chi connectivity index (χ2n) is 3.68. The van der Waals surface area contributed by atoms with Gasteiger partial charge in [-0.1, -0.05) is 0 Å². The molecule has 0 radical (unpaired) electrons. The molecule has 0 aliphatic carbocycles. The van der Waals surface area contributed by atoms with Gasteiger partial charge in [0.05, 0.1) is 24.6 Å². The maximum absolute atomic E-state index is 11.6. The Morgan fingerprint density at radius 1 is 1.32 bits per heavy atom. The van der Waals surface area contributed by atoms with Gasteiger partial charge in [0, 0.05) is 15.0 Å². The highest BCUT2D eigenvalue weighted by Crippen LogP contribution is 2.36. The number of carbonyl (C=O) groups is 1. The Kier molecular flexibility index (Phi) is 4.42. The van der Waals surface area contributed by atoms with E-state index >= 15 is 0 Å². The summed E-state index contributed by atoms with van der Waals surface area (Å²) < 4.78 is 11.9. The number of halogens is 2. The first-order valence-corrected chi connectivity index (χ1v) is 7.17. The maximum atomic E-state index is 11.6. The zero-order valence-electron chi connectivity index (χ0n) is 10.4. The molecular weight excluding hydrogens is 378 g/mol. The third-order valence-electron chi connectivity index (χ3n) is 2.52. The summed E-state index contributed by atoms with van der Waals surface area (Å²) in [4.78, 5) is 16.0. The van der Waals surface area contributed by atoms with Gasteiger partial charge in [0.1, 0.15) is 5.75 Å². The molecule has 0 N–H and O–H groups in total. The lowest BCUT2D eigenvalue weighted by Crippen LogP contribution is -2.06. The Morgan fingerprint density at radius 3 is 2.63 bits per heavy atom. The summed E-state index contributed by atoms with van der Waals surface area (Å²) in [6.07, 6.45) is 0. The van der Waals surface area contributed by atoms with Crippen molar-refractivity contribution in [1.29, 1.82) is 0 Å². The van der Waals surface area contributed by atoms with Crippen molar-refractivity contribution >= 4 is 48.7 Å². The van der Waals surface area contributed by atoms with Crippen LogP contribution in [-0.2, 0) is 4.74 Å². The van der Waals surface area contributed by atoms with Crippen LogP contribution < -0.4 is 4.74 Å². The number of aromatic nitrogens is 1. The van der Waals surface area contributed by atoms with Crippen LogP contribution in [0.4, 0.5) is 0 Å². The highest BCUT2D eigenvalue weighted by Gasteiger charge is 2.16. The minimum Gasteiger partial charge on any atom is -0.493 e. The summed E-state index contributed by atoms with van der Waals surface area (Å²) >= 11 is 6.90. The number of hydrogen-bond acceptors (Lipinski definition) is 4. The van der Waals surface area contributed by atoms with Crippen LogP contribution in [-0.4, -0.2) is 24.7 Å². The van der Waals surface area contributed by atoms with Gasteiger partial charge in [0.25, 0.3) is 0 Å². The Morgan fingerprint density at radius 2 is 2.00 bits per heavy atom. The number of nitrogens with zero attached hydrogens (tertiary/aromatic N) is 1. The quantitative estimate of drug-likeness (QED) is 0.747. The van der Waals surface area contributed by atoms with Crippen LogP contribution in [0.2, 0.25) is 0 Å². The Hall–Kier alpha value is -1.14. The first-order chi connectivity index (χ1) is 9.08. The first-order valence-electron chi connectivity index (χ1n) is 5.58. The predicted octanol–water partition coefficient (Wildman–Crippen LogP) is 3.95. The lowest BCUT2D eigenvalue weighted by atomic mass is 10.2. The highest BCUT2D eigenvalue weighted by molar-refractivity contribution is 9.11. The molecule has 0 fully saturated rings. The molecule has 0 amide bonds. The van der Waals surface area contributed by atoms with Gasteiger partial charge < -0.3 is 9.47 Å². The molecule has 2 aromatic rings. The number of methoxy groups -OCH3 is 1. The SMILES string of the molecule is CCOc1cc(C(=O)OC)nc2c(Br)ccc(Br)c12. The number of hydrogen-bond donors (Lipinski definition) is 0. The molecule has 0 atom stereocenters. The first kappa shape index (κ1) is 14.3. The van der Waals surface area contributed by atoms with E-state index in [1.54, 1.807) is 6.07 Å². The van der Waals surface area contributed by atoms with E-state index in [-0.39, 0.29) is 5.69 Å². The molecule has 100 valence electrons. The van der Waals surface area contributed by atoms with Crippen LogP contribution in [0.3, 0.4) is 0 Å². The molecule has 0 saturated heterocycles. The topological polar surface area (TPSA) is 48.4 Å². The van der Waals surface area contributed by atoms with Crippen molar-refractivity contribution in [3.8, 4) is 5.75 Å². The van der Waals surface area contributed by atoms with Gasteiger partial charge in [-0.05, 0) is 50.9 Å². The zero-order chi connectivity index (χ0) is 14.0. The van der Waals surface area contributed by atoms with Gasteiger partial charge in [-0.15, -0.1) is 0 Å². The molecule has 1 aromatic carbocycles. The molecule has 0 aliphatic heterocycles. The van der Waals surface area contributed by atoms with E-state index in [1.807, 2.05) is 19.1 Å². The second-order valence-corrected chi connectivity index (χ2v) is 5.39. The van der Waals surface area contributed by atoms with Crippen LogP contribution in [0, 0.1) is 0 Å². The number of pyridine rings is 1. The van der Waals surface area contributed by atoms with Crippen molar-refractivity contribution in [2.24, 2.45) is 0 Å². The molecule has 0 spiro atoms. The smallest absolute Gasteiger partial charge is 0.356 e. The molecule has 1 heterocycles. The minimum absolute atomic E-state index is 0.220. The molecule has 0 aliphatic rings. The summed E-state index contributed by atoms with van der Waals surface area (Å²) in [5.41, 5.74) is 0.873. The number of carbonyl (C=O) groups excluding carboxylic acids is 1. The molecule has 0 unspecified atom stereocenters. The van der Waals surface area contributed by atoms with Gasteiger partial charge >= 0.3 is 5.97 Å². The monoisotopic (exact) mass is 387 g/mol. The van der Waals surface area contributed by atoms with Gasteiger partial charge in [-0.25, -0.2) is 9.78 Å². The summed E-state index contributed by atoms with van der Waals surface area (Å²) in [6, 6.07) is 5.35. The van der Waals surface area contributed by atoms with Gasteiger partial charge in [-0.2, -0.15) is 0 Å². The molecule has 2 rings (SSSR count). The van der Waals surface area contributed by atoms with Gasteiger partial charge in [-0.3, -0.25) is 0 Å². The van der Waals surface area contributed by atoms with Crippen molar-refractivity contribution in [3.05, 3.63) is 32.8 Å². The average Bonchev–Trinajstić information content (AvgIpc) is 2.42. The third kappa shape index (κ3) is 2.74. The van der Waals surface area contributed by atoms with Crippen molar-refractivity contribution in [2.45, 2.75) is 6.92 Å². The van der Waals surface area contributed by atoms with E-state index in [2.05, 4.69) is 36.8 Å². The van der Waals surface area contributed by atoms with Crippen molar-refractivity contribution < 1.29 is 14.3 Å². The molecule has 6 heteroatoms. The third-order valence-corrected chi connectivity index (χ3v) is 3.82. The number of fused-ring (bicyclic) bond motifs is 1. The fourth-order valence-corrected chi connectivity index (χ4v) is 2.65. The highest BCUT2D eigenvalue weighted by atomic mass is 79.9. The normalized spacial score (nSPS) is 10.5. The maximum Gasteiger partial charge on any atom is 0.356 e.